The van der Waals surface area contributed by atoms with Crippen LogP contribution < -0.4 is 10.0 Å². The summed E-state index contributed by atoms with van der Waals surface area (Å²) in [5.41, 5.74) is 2.58. The monoisotopic (exact) mass is 378 g/mol. The van der Waals surface area contributed by atoms with E-state index < -0.39 is 10.0 Å². The number of hydrogen-bond acceptors (Lipinski definition) is 4. The number of nitrogens with one attached hydrogen (secondary N) is 2. The zero-order valence-electron chi connectivity index (χ0n) is 14.1. The van der Waals surface area contributed by atoms with E-state index in [-0.39, 0.29) is 16.0 Å². The van der Waals surface area contributed by atoms with E-state index >= 15 is 0 Å². The first-order valence-electron chi connectivity index (χ1n) is 8.36. The van der Waals surface area contributed by atoms with Crippen molar-refractivity contribution in [3.05, 3.63) is 52.4 Å². The Morgan fingerprint density at radius 2 is 2.04 bits per heavy atom. The van der Waals surface area contributed by atoms with Crippen molar-refractivity contribution in [2.45, 2.75) is 42.9 Å². The Morgan fingerprint density at radius 3 is 2.84 bits per heavy atom. The van der Waals surface area contributed by atoms with Gasteiger partial charge in [0.05, 0.1) is 6.54 Å². The third-order valence-electron chi connectivity index (χ3n) is 4.43. The topological polar surface area (TPSA) is 75.3 Å². The van der Waals surface area contributed by atoms with Gasteiger partial charge in [-0.15, -0.1) is 11.3 Å². The molecule has 0 saturated carbocycles. The van der Waals surface area contributed by atoms with Gasteiger partial charge in [-0.25, -0.2) is 13.1 Å². The first kappa shape index (κ1) is 18.1. The van der Waals surface area contributed by atoms with E-state index in [1.165, 1.54) is 29.4 Å². The van der Waals surface area contributed by atoms with Crippen LogP contribution in [0.15, 0.2) is 40.6 Å². The highest BCUT2D eigenvalue weighted by atomic mass is 32.2. The lowest BCUT2D eigenvalue weighted by Gasteiger charge is -2.25. The fourth-order valence-electron chi connectivity index (χ4n) is 3.16. The van der Waals surface area contributed by atoms with Crippen molar-refractivity contribution in [2.24, 2.45) is 0 Å². The number of benzene rings is 1. The molecule has 1 atom stereocenters. The average molecular weight is 379 g/mol. The van der Waals surface area contributed by atoms with Gasteiger partial charge in [-0.05, 0) is 48.4 Å². The van der Waals surface area contributed by atoms with E-state index in [0.29, 0.717) is 13.1 Å². The Labute approximate surface area is 152 Å². The van der Waals surface area contributed by atoms with Crippen LogP contribution in [0, 0.1) is 0 Å². The maximum Gasteiger partial charge on any atom is 0.250 e. The van der Waals surface area contributed by atoms with Crippen molar-refractivity contribution in [3.8, 4) is 0 Å². The Hall–Kier alpha value is -1.70. The minimum absolute atomic E-state index is 0.133. The summed E-state index contributed by atoms with van der Waals surface area (Å²) in [5, 5.41) is 2.68. The molecule has 1 aromatic carbocycles. The highest BCUT2D eigenvalue weighted by Crippen LogP contribution is 2.31. The minimum Gasteiger partial charge on any atom is -0.351 e. The van der Waals surface area contributed by atoms with Crippen molar-refractivity contribution in [1.29, 1.82) is 0 Å². The van der Waals surface area contributed by atoms with Gasteiger partial charge in [0.2, 0.25) is 15.9 Å². The summed E-state index contributed by atoms with van der Waals surface area (Å²) in [6.07, 6.45) is 3.15. The van der Waals surface area contributed by atoms with Crippen LogP contribution in [0.1, 0.15) is 41.7 Å². The van der Waals surface area contributed by atoms with Crippen molar-refractivity contribution >= 4 is 27.3 Å². The molecule has 3 rings (SSSR count). The lowest BCUT2D eigenvalue weighted by molar-refractivity contribution is -0.119. The summed E-state index contributed by atoms with van der Waals surface area (Å²) in [6.45, 7) is 2.21. The van der Waals surface area contributed by atoms with Gasteiger partial charge in [-0.1, -0.05) is 24.3 Å². The van der Waals surface area contributed by atoms with Crippen LogP contribution in [-0.2, 0) is 27.8 Å². The second-order valence-electron chi connectivity index (χ2n) is 6.27. The highest BCUT2D eigenvalue weighted by molar-refractivity contribution is 7.91. The summed E-state index contributed by atoms with van der Waals surface area (Å²) >= 11 is 1.19. The number of rotatable bonds is 6. The van der Waals surface area contributed by atoms with E-state index in [1.807, 2.05) is 12.1 Å². The number of carbonyl (C=O) groups excluding carboxylic acids is 1. The third-order valence-corrected chi connectivity index (χ3v) is 7.43. The summed E-state index contributed by atoms with van der Waals surface area (Å²) in [5.74, 6) is 0.0884. The standard InChI is InChI=1S/C18H22N2O3S2/c1-13(21)19-12-16-9-10-18(24-16)25(22,23)20-11-15-7-4-6-14-5-2-3-8-17(14)15/h2-3,5,8-10,15,20H,4,6-7,11-12H2,1H3,(H,19,21). The van der Waals surface area contributed by atoms with Crippen LogP contribution in [0.3, 0.4) is 0 Å². The first-order chi connectivity index (χ1) is 12.0. The Kier molecular flexibility index (Phi) is 5.56. The lowest BCUT2D eigenvalue weighted by Crippen LogP contribution is -2.29. The third kappa shape index (κ3) is 4.48. The molecule has 0 saturated heterocycles. The Bertz CT molecular complexity index is 859. The van der Waals surface area contributed by atoms with Crippen molar-refractivity contribution in [2.75, 3.05) is 6.54 Å². The molecule has 1 heterocycles. The van der Waals surface area contributed by atoms with E-state index in [9.17, 15) is 13.2 Å². The number of hydrogen-bond donors (Lipinski definition) is 2. The number of thiophene rings is 1. The second-order valence-corrected chi connectivity index (χ2v) is 9.43. The molecule has 1 aliphatic rings. The van der Waals surface area contributed by atoms with Gasteiger partial charge < -0.3 is 5.32 Å². The molecule has 0 fully saturated rings. The second kappa shape index (κ2) is 7.68. The molecule has 25 heavy (non-hydrogen) atoms. The van der Waals surface area contributed by atoms with Crippen LogP contribution in [-0.4, -0.2) is 20.9 Å². The number of sulfonamides is 1. The Balaban J connectivity index is 1.66. The van der Waals surface area contributed by atoms with E-state index in [4.69, 9.17) is 0 Å². The fourth-order valence-corrected chi connectivity index (χ4v) is 5.58. The zero-order valence-corrected chi connectivity index (χ0v) is 15.8. The minimum atomic E-state index is -3.52. The molecule has 1 amide bonds. The normalized spacial score (nSPS) is 17.1. The number of amides is 1. The molecule has 5 nitrogen and oxygen atoms in total. The average Bonchev–Trinajstić information content (AvgIpc) is 3.08. The molecule has 1 unspecified atom stereocenters. The van der Waals surface area contributed by atoms with Crippen LogP contribution >= 0.6 is 11.3 Å². The molecule has 0 aliphatic heterocycles. The predicted octanol–water partition coefficient (Wildman–Crippen LogP) is 2.78. The molecule has 0 spiro atoms. The molecule has 1 aliphatic carbocycles. The van der Waals surface area contributed by atoms with Gasteiger partial charge in [0, 0.05) is 18.3 Å². The highest BCUT2D eigenvalue weighted by Gasteiger charge is 2.23. The predicted molar refractivity (Wildman–Crippen MR) is 99.1 cm³/mol. The van der Waals surface area contributed by atoms with Crippen molar-refractivity contribution < 1.29 is 13.2 Å². The molecule has 2 aromatic rings. The molecular weight excluding hydrogens is 356 g/mol. The van der Waals surface area contributed by atoms with Crippen molar-refractivity contribution in [3.63, 3.8) is 0 Å². The summed E-state index contributed by atoms with van der Waals surface area (Å²) in [7, 11) is -3.52. The van der Waals surface area contributed by atoms with E-state index in [0.717, 1.165) is 24.1 Å². The maximum absolute atomic E-state index is 12.6. The zero-order chi connectivity index (χ0) is 17.9. The smallest absolute Gasteiger partial charge is 0.250 e. The molecule has 0 bridgehead atoms. The number of carbonyl (C=O) groups is 1. The maximum atomic E-state index is 12.6. The number of aryl methyl sites for hydroxylation is 1. The molecular formula is C18H22N2O3S2. The van der Waals surface area contributed by atoms with Gasteiger partial charge in [0.25, 0.3) is 0 Å². The first-order valence-corrected chi connectivity index (χ1v) is 10.7. The van der Waals surface area contributed by atoms with Crippen molar-refractivity contribution in [1.82, 2.24) is 10.0 Å². The molecule has 1 aromatic heterocycles. The van der Waals surface area contributed by atoms with Crippen LogP contribution in [0.4, 0.5) is 0 Å². The molecule has 7 heteroatoms. The van der Waals surface area contributed by atoms with Crippen LogP contribution in [0.2, 0.25) is 0 Å². The van der Waals surface area contributed by atoms with Gasteiger partial charge in [0.1, 0.15) is 4.21 Å². The summed E-state index contributed by atoms with van der Waals surface area (Å²) < 4.78 is 28.1. The Morgan fingerprint density at radius 1 is 1.24 bits per heavy atom. The summed E-state index contributed by atoms with van der Waals surface area (Å²) in [4.78, 5) is 11.8. The fraction of sp³-hybridized carbons (Fsp3) is 0.389. The SMILES string of the molecule is CC(=O)NCc1ccc(S(=O)(=O)NCC2CCCc3ccccc32)s1. The molecule has 2 N–H and O–H groups in total. The van der Waals surface area contributed by atoms with E-state index in [1.54, 1.807) is 12.1 Å². The largest absolute Gasteiger partial charge is 0.351 e. The molecule has 134 valence electrons. The van der Waals surface area contributed by atoms with Crippen LogP contribution in [0.5, 0.6) is 0 Å². The van der Waals surface area contributed by atoms with Gasteiger partial charge in [-0.2, -0.15) is 0 Å². The quantitative estimate of drug-likeness (QED) is 0.812. The number of fused-ring (bicyclic) bond motifs is 1. The van der Waals surface area contributed by atoms with Gasteiger partial charge in [-0.3, -0.25) is 4.79 Å². The molecule has 0 radical (unpaired) electrons. The summed E-state index contributed by atoms with van der Waals surface area (Å²) in [6, 6.07) is 11.6. The lowest BCUT2D eigenvalue weighted by atomic mass is 9.83. The van der Waals surface area contributed by atoms with Gasteiger partial charge >= 0.3 is 0 Å². The van der Waals surface area contributed by atoms with Crippen LogP contribution in [0.25, 0.3) is 0 Å². The van der Waals surface area contributed by atoms with Gasteiger partial charge in [0.15, 0.2) is 0 Å². The van der Waals surface area contributed by atoms with E-state index in [2.05, 4.69) is 22.2 Å².